The lowest BCUT2D eigenvalue weighted by molar-refractivity contribution is -0.138. The number of nitrogens with one attached hydrogen (secondary N) is 1. The van der Waals surface area contributed by atoms with Crippen LogP contribution in [0.2, 0.25) is 0 Å². The highest BCUT2D eigenvalue weighted by Gasteiger charge is 2.09. The fourth-order valence-corrected chi connectivity index (χ4v) is 1.72. The molecule has 0 unspecified atom stereocenters. The molecule has 0 aromatic carbocycles. The Hall–Kier alpha value is -1.30. The minimum atomic E-state index is -1.03. The summed E-state index contributed by atoms with van der Waals surface area (Å²) >= 11 is 0. The van der Waals surface area contributed by atoms with Gasteiger partial charge in [-0.2, -0.15) is 0 Å². The maximum atomic E-state index is 10.2. The first-order valence-electron chi connectivity index (χ1n) is 6.55. The van der Waals surface area contributed by atoms with Crippen LogP contribution >= 0.6 is 0 Å². The Morgan fingerprint density at radius 1 is 1.11 bits per heavy atom. The number of amides is 2. The SMILES string of the molecule is C1CCCCC1.NC(=O)NCCC[C@H](N)C(=O)O. The molecular weight excluding hydrogens is 234 g/mol. The second-order valence-electron chi connectivity index (χ2n) is 4.50. The fourth-order valence-electron chi connectivity index (χ4n) is 1.72. The van der Waals surface area contributed by atoms with E-state index in [0.29, 0.717) is 19.4 Å². The first kappa shape index (κ1) is 16.7. The number of carbonyl (C=O) groups is 2. The topological polar surface area (TPSA) is 118 Å². The monoisotopic (exact) mass is 259 g/mol. The van der Waals surface area contributed by atoms with Crippen LogP contribution in [0.25, 0.3) is 0 Å². The van der Waals surface area contributed by atoms with Crippen molar-refractivity contribution in [3.63, 3.8) is 0 Å². The summed E-state index contributed by atoms with van der Waals surface area (Å²) in [5, 5.41) is 10.7. The molecule has 1 aliphatic rings. The van der Waals surface area contributed by atoms with Gasteiger partial charge in [-0.1, -0.05) is 38.5 Å². The Kier molecular flexibility index (Phi) is 10.0. The van der Waals surface area contributed by atoms with Crippen molar-refractivity contribution in [2.24, 2.45) is 11.5 Å². The van der Waals surface area contributed by atoms with Crippen molar-refractivity contribution in [1.82, 2.24) is 5.32 Å². The van der Waals surface area contributed by atoms with Crippen LogP contribution in [0.4, 0.5) is 4.79 Å². The number of nitrogens with two attached hydrogens (primary N) is 2. The number of carbonyl (C=O) groups excluding carboxylic acids is 1. The van der Waals surface area contributed by atoms with Crippen molar-refractivity contribution in [3.8, 4) is 0 Å². The van der Waals surface area contributed by atoms with E-state index in [2.05, 4.69) is 5.32 Å². The molecule has 1 rings (SSSR count). The Morgan fingerprint density at radius 3 is 1.89 bits per heavy atom. The molecule has 106 valence electrons. The van der Waals surface area contributed by atoms with Crippen molar-refractivity contribution < 1.29 is 14.7 Å². The molecule has 6 heteroatoms. The molecule has 0 bridgehead atoms. The molecule has 1 fully saturated rings. The van der Waals surface area contributed by atoms with E-state index in [-0.39, 0.29) is 0 Å². The second-order valence-corrected chi connectivity index (χ2v) is 4.50. The molecule has 0 heterocycles. The summed E-state index contributed by atoms with van der Waals surface area (Å²) in [6.07, 6.45) is 9.84. The van der Waals surface area contributed by atoms with Crippen molar-refractivity contribution in [1.29, 1.82) is 0 Å². The van der Waals surface area contributed by atoms with Crippen LogP contribution in [0.5, 0.6) is 0 Å². The predicted octanol–water partition coefficient (Wildman–Crippen LogP) is 1.19. The lowest BCUT2D eigenvalue weighted by Gasteiger charge is -2.05. The molecule has 6 N–H and O–H groups in total. The van der Waals surface area contributed by atoms with Crippen LogP contribution in [0, 0.1) is 0 Å². The first-order valence-corrected chi connectivity index (χ1v) is 6.55. The molecule has 0 saturated heterocycles. The normalized spacial score (nSPS) is 16.1. The van der Waals surface area contributed by atoms with Gasteiger partial charge >= 0.3 is 12.0 Å². The van der Waals surface area contributed by atoms with Gasteiger partial charge in [-0.3, -0.25) is 4.79 Å². The number of hydrogen-bond donors (Lipinski definition) is 4. The molecule has 1 saturated carbocycles. The van der Waals surface area contributed by atoms with E-state index in [4.69, 9.17) is 16.6 Å². The third-order valence-corrected chi connectivity index (χ3v) is 2.81. The van der Waals surface area contributed by atoms with Gasteiger partial charge in [-0.15, -0.1) is 0 Å². The van der Waals surface area contributed by atoms with Crippen LogP contribution in [0.3, 0.4) is 0 Å². The smallest absolute Gasteiger partial charge is 0.320 e. The molecule has 0 radical (unpaired) electrons. The second kappa shape index (κ2) is 10.8. The van der Waals surface area contributed by atoms with Crippen LogP contribution in [-0.4, -0.2) is 29.7 Å². The number of urea groups is 1. The number of aliphatic carboxylic acids is 1. The number of carboxylic acids is 1. The molecular formula is C12H25N3O3. The minimum Gasteiger partial charge on any atom is -0.480 e. The van der Waals surface area contributed by atoms with Crippen LogP contribution in [0.1, 0.15) is 51.4 Å². The molecule has 0 aromatic rings. The third-order valence-electron chi connectivity index (χ3n) is 2.81. The Bertz CT molecular complexity index is 231. The quantitative estimate of drug-likeness (QED) is 0.554. The average Bonchev–Trinajstić information content (AvgIpc) is 2.37. The zero-order valence-electron chi connectivity index (χ0n) is 10.9. The van der Waals surface area contributed by atoms with Crippen LogP contribution in [-0.2, 0) is 4.79 Å². The Labute approximate surface area is 108 Å². The van der Waals surface area contributed by atoms with Gasteiger partial charge in [0.25, 0.3) is 0 Å². The van der Waals surface area contributed by atoms with E-state index < -0.39 is 18.0 Å². The zero-order chi connectivity index (χ0) is 13.8. The van der Waals surface area contributed by atoms with Crippen molar-refractivity contribution >= 4 is 12.0 Å². The summed E-state index contributed by atoms with van der Waals surface area (Å²) in [4.78, 5) is 20.3. The van der Waals surface area contributed by atoms with E-state index in [0.717, 1.165) is 0 Å². The van der Waals surface area contributed by atoms with Gasteiger partial charge in [0.2, 0.25) is 0 Å². The molecule has 0 aromatic heterocycles. The molecule has 18 heavy (non-hydrogen) atoms. The van der Waals surface area contributed by atoms with Gasteiger partial charge in [0, 0.05) is 6.54 Å². The summed E-state index contributed by atoms with van der Waals surface area (Å²) in [6, 6.07) is -1.47. The number of rotatable bonds is 5. The fraction of sp³-hybridized carbons (Fsp3) is 0.833. The van der Waals surface area contributed by atoms with Gasteiger partial charge in [0.15, 0.2) is 0 Å². The molecule has 0 aliphatic heterocycles. The maximum Gasteiger partial charge on any atom is 0.320 e. The highest BCUT2D eigenvalue weighted by molar-refractivity contribution is 5.73. The largest absolute Gasteiger partial charge is 0.480 e. The summed E-state index contributed by atoms with van der Waals surface area (Å²) in [7, 11) is 0. The minimum absolute atomic E-state index is 0.329. The van der Waals surface area contributed by atoms with Crippen LogP contribution < -0.4 is 16.8 Å². The Balaban J connectivity index is 0.000000397. The average molecular weight is 259 g/mol. The van der Waals surface area contributed by atoms with E-state index in [1.165, 1.54) is 38.5 Å². The summed E-state index contributed by atoms with van der Waals surface area (Å²) in [5.41, 5.74) is 9.96. The van der Waals surface area contributed by atoms with Crippen molar-refractivity contribution in [3.05, 3.63) is 0 Å². The highest BCUT2D eigenvalue weighted by atomic mass is 16.4. The van der Waals surface area contributed by atoms with Gasteiger partial charge in [-0.25, -0.2) is 4.79 Å². The summed E-state index contributed by atoms with van der Waals surface area (Å²) in [5.74, 6) is -1.03. The number of primary amides is 1. The van der Waals surface area contributed by atoms with Crippen molar-refractivity contribution in [2.45, 2.75) is 57.4 Å². The van der Waals surface area contributed by atoms with E-state index in [1.54, 1.807) is 0 Å². The molecule has 0 spiro atoms. The lowest BCUT2D eigenvalue weighted by Crippen LogP contribution is -2.33. The number of hydrogen-bond acceptors (Lipinski definition) is 3. The van der Waals surface area contributed by atoms with E-state index in [9.17, 15) is 9.59 Å². The molecule has 1 atom stereocenters. The van der Waals surface area contributed by atoms with Crippen LogP contribution in [0.15, 0.2) is 0 Å². The van der Waals surface area contributed by atoms with E-state index >= 15 is 0 Å². The third kappa shape index (κ3) is 11.2. The number of carboxylic acid groups (broad SMARTS) is 1. The molecule has 6 nitrogen and oxygen atoms in total. The highest BCUT2D eigenvalue weighted by Crippen LogP contribution is 2.15. The first-order chi connectivity index (χ1) is 8.54. The van der Waals surface area contributed by atoms with Gasteiger partial charge in [-0.05, 0) is 12.8 Å². The van der Waals surface area contributed by atoms with Gasteiger partial charge < -0.3 is 21.9 Å². The Morgan fingerprint density at radius 2 is 1.56 bits per heavy atom. The standard InChI is InChI=1S/C6H13N3O3.C6H12/c7-4(5(10)11)2-1-3-9-6(8)12;1-2-4-6-5-3-1/h4H,1-3,7H2,(H,10,11)(H3,8,9,12);1-6H2/t4-;/m0./s1. The summed E-state index contributed by atoms with van der Waals surface area (Å²) in [6.45, 7) is 0.357. The maximum absolute atomic E-state index is 10.2. The predicted molar refractivity (Wildman–Crippen MR) is 70.1 cm³/mol. The van der Waals surface area contributed by atoms with Gasteiger partial charge in [0.05, 0.1) is 0 Å². The molecule has 2 amide bonds. The van der Waals surface area contributed by atoms with Crippen molar-refractivity contribution in [2.75, 3.05) is 6.54 Å². The lowest BCUT2D eigenvalue weighted by atomic mass is 10.0. The summed E-state index contributed by atoms with van der Waals surface area (Å²) < 4.78 is 0. The molecule has 1 aliphatic carbocycles. The van der Waals surface area contributed by atoms with E-state index in [1.807, 2.05) is 0 Å². The zero-order valence-corrected chi connectivity index (χ0v) is 10.9. The van der Waals surface area contributed by atoms with Gasteiger partial charge in [0.1, 0.15) is 6.04 Å².